The number of aromatic nitrogens is 2. The highest BCUT2D eigenvalue weighted by Gasteiger charge is 2.26. The molecule has 1 aromatic rings. The van der Waals surface area contributed by atoms with Gasteiger partial charge >= 0.3 is 0 Å². The van der Waals surface area contributed by atoms with Gasteiger partial charge < -0.3 is 10.2 Å². The van der Waals surface area contributed by atoms with Gasteiger partial charge in [-0.3, -0.25) is 9.69 Å². The maximum absolute atomic E-state index is 12.4. The zero-order valence-corrected chi connectivity index (χ0v) is 14.7. The highest BCUT2D eigenvalue weighted by molar-refractivity contribution is 5.78. The molecule has 6 heteroatoms. The van der Waals surface area contributed by atoms with Crippen LogP contribution in [0.1, 0.15) is 39.0 Å². The van der Waals surface area contributed by atoms with Gasteiger partial charge in [0.15, 0.2) is 0 Å². The molecule has 0 spiro atoms. The van der Waals surface area contributed by atoms with Crippen molar-refractivity contribution >= 4 is 11.9 Å². The lowest BCUT2D eigenvalue weighted by molar-refractivity contribution is -0.125. The Labute approximate surface area is 144 Å². The quantitative estimate of drug-likeness (QED) is 0.889. The molecule has 0 aliphatic carbocycles. The van der Waals surface area contributed by atoms with Crippen LogP contribution in [0.25, 0.3) is 0 Å². The number of hydrogen-bond donors (Lipinski definition) is 1. The standard InChI is InChI=1S/C18H29N5O/c1-15-5-2-3-11-22(15)14-10-19-17(24)16-6-12-23(13-7-16)18-20-8-4-9-21-18/h4,8-9,15-16H,2-3,5-7,10-14H2,1H3,(H,19,24). The number of carbonyl (C=O) groups excluding carboxylic acids is 1. The molecule has 0 aromatic carbocycles. The molecule has 2 fully saturated rings. The lowest BCUT2D eigenvalue weighted by atomic mass is 9.96. The Hall–Kier alpha value is -1.69. The molecule has 0 saturated carbocycles. The summed E-state index contributed by atoms with van der Waals surface area (Å²) in [5.41, 5.74) is 0. The van der Waals surface area contributed by atoms with Crippen molar-refractivity contribution in [1.82, 2.24) is 20.2 Å². The van der Waals surface area contributed by atoms with E-state index in [-0.39, 0.29) is 11.8 Å². The van der Waals surface area contributed by atoms with Crippen LogP contribution in [-0.4, -0.2) is 59.5 Å². The van der Waals surface area contributed by atoms with Gasteiger partial charge in [0.25, 0.3) is 0 Å². The van der Waals surface area contributed by atoms with E-state index in [1.807, 2.05) is 6.07 Å². The number of likely N-dealkylation sites (tertiary alicyclic amines) is 1. The average Bonchev–Trinajstić information content (AvgIpc) is 2.64. The van der Waals surface area contributed by atoms with Gasteiger partial charge in [-0.15, -0.1) is 0 Å². The van der Waals surface area contributed by atoms with Crippen molar-refractivity contribution in [2.75, 3.05) is 37.6 Å². The number of hydrogen-bond acceptors (Lipinski definition) is 5. The summed E-state index contributed by atoms with van der Waals surface area (Å²) >= 11 is 0. The first-order valence-corrected chi connectivity index (χ1v) is 9.28. The van der Waals surface area contributed by atoms with Gasteiger partial charge in [-0.05, 0) is 45.2 Å². The molecule has 2 aliphatic rings. The molecule has 3 heterocycles. The van der Waals surface area contributed by atoms with E-state index in [4.69, 9.17) is 0 Å². The Morgan fingerprint density at radius 1 is 1.17 bits per heavy atom. The van der Waals surface area contributed by atoms with Gasteiger partial charge in [0.2, 0.25) is 11.9 Å². The van der Waals surface area contributed by atoms with Crippen LogP contribution >= 0.6 is 0 Å². The molecule has 132 valence electrons. The maximum Gasteiger partial charge on any atom is 0.225 e. The Morgan fingerprint density at radius 3 is 2.62 bits per heavy atom. The normalized spacial score (nSPS) is 23.2. The number of amides is 1. The van der Waals surface area contributed by atoms with Gasteiger partial charge in [-0.2, -0.15) is 0 Å². The van der Waals surface area contributed by atoms with Crippen LogP contribution in [0.15, 0.2) is 18.5 Å². The molecule has 0 radical (unpaired) electrons. The van der Waals surface area contributed by atoms with Crippen molar-refractivity contribution in [3.63, 3.8) is 0 Å². The predicted molar refractivity (Wildman–Crippen MR) is 94.9 cm³/mol. The molecule has 6 nitrogen and oxygen atoms in total. The van der Waals surface area contributed by atoms with Crippen LogP contribution in [0.5, 0.6) is 0 Å². The van der Waals surface area contributed by atoms with E-state index in [9.17, 15) is 4.79 Å². The third-order valence-electron chi connectivity index (χ3n) is 5.34. The van der Waals surface area contributed by atoms with E-state index >= 15 is 0 Å². The zero-order valence-electron chi connectivity index (χ0n) is 14.7. The van der Waals surface area contributed by atoms with Crippen LogP contribution in [0.2, 0.25) is 0 Å². The summed E-state index contributed by atoms with van der Waals surface area (Å²) in [6, 6.07) is 2.48. The van der Waals surface area contributed by atoms with Crippen LogP contribution in [-0.2, 0) is 4.79 Å². The maximum atomic E-state index is 12.4. The SMILES string of the molecule is CC1CCCCN1CCNC(=O)C1CCN(c2ncccn2)CC1. The van der Waals surface area contributed by atoms with Crippen LogP contribution in [0, 0.1) is 5.92 Å². The fourth-order valence-corrected chi connectivity index (χ4v) is 3.75. The fourth-order valence-electron chi connectivity index (χ4n) is 3.75. The summed E-state index contributed by atoms with van der Waals surface area (Å²) in [4.78, 5) is 25.6. The zero-order chi connectivity index (χ0) is 16.8. The monoisotopic (exact) mass is 331 g/mol. The topological polar surface area (TPSA) is 61.4 Å². The molecule has 1 amide bonds. The highest BCUT2D eigenvalue weighted by atomic mass is 16.1. The number of carbonyl (C=O) groups is 1. The summed E-state index contributed by atoms with van der Waals surface area (Å²) in [6.45, 7) is 6.92. The number of anilines is 1. The number of rotatable bonds is 5. The molecule has 1 N–H and O–H groups in total. The molecule has 24 heavy (non-hydrogen) atoms. The number of piperidine rings is 2. The number of nitrogens with zero attached hydrogens (tertiary/aromatic N) is 4. The second-order valence-corrected chi connectivity index (χ2v) is 6.98. The van der Waals surface area contributed by atoms with E-state index in [1.165, 1.54) is 25.8 Å². The van der Waals surface area contributed by atoms with Crippen LogP contribution in [0.3, 0.4) is 0 Å². The lowest BCUT2D eigenvalue weighted by Gasteiger charge is -2.34. The fraction of sp³-hybridized carbons (Fsp3) is 0.722. The van der Waals surface area contributed by atoms with Gasteiger partial charge in [-0.25, -0.2) is 9.97 Å². The Kier molecular flexibility index (Phi) is 6.01. The van der Waals surface area contributed by atoms with E-state index in [0.29, 0.717) is 6.04 Å². The summed E-state index contributed by atoms with van der Waals surface area (Å²) in [5.74, 6) is 1.12. The summed E-state index contributed by atoms with van der Waals surface area (Å²) in [7, 11) is 0. The first-order chi connectivity index (χ1) is 11.7. The Balaban J connectivity index is 1.37. The van der Waals surface area contributed by atoms with Gasteiger partial charge in [0, 0.05) is 50.5 Å². The van der Waals surface area contributed by atoms with Gasteiger partial charge in [0.1, 0.15) is 0 Å². The summed E-state index contributed by atoms with van der Waals surface area (Å²) < 4.78 is 0. The van der Waals surface area contributed by atoms with Crippen LogP contribution < -0.4 is 10.2 Å². The van der Waals surface area contributed by atoms with Crippen LogP contribution in [0.4, 0.5) is 5.95 Å². The van der Waals surface area contributed by atoms with Crippen molar-refractivity contribution in [3.8, 4) is 0 Å². The van der Waals surface area contributed by atoms with Gasteiger partial charge in [0.05, 0.1) is 0 Å². The van der Waals surface area contributed by atoms with E-state index in [1.54, 1.807) is 12.4 Å². The molecule has 2 saturated heterocycles. The van der Waals surface area contributed by atoms with E-state index < -0.39 is 0 Å². The molecular weight excluding hydrogens is 302 g/mol. The molecule has 1 atom stereocenters. The third-order valence-corrected chi connectivity index (χ3v) is 5.34. The number of nitrogens with one attached hydrogen (secondary N) is 1. The highest BCUT2D eigenvalue weighted by Crippen LogP contribution is 2.20. The van der Waals surface area contributed by atoms with Crippen molar-refractivity contribution in [2.24, 2.45) is 5.92 Å². The van der Waals surface area contributed by atoms with Crippen molar-refractivity contribution in [3.05, 3.63) is 18.5 Å². The average molecular weight is 331 g/mol. The van der Waals surface area contributed by atoms with Crippen molar-refractivity contribution < 1.29 is 4.79 Å². The largest absolute Gasteiger partial charge is 0.355 e. The lowest BCUT2D eigenvalue weighted by Crippen LogP contribution is -2.45. The smallest absolute Gasteiger partial charge is 0.225 e. The van der Waals surface area contributed by atoms with Gasteiger partial charge in [-0.1, -0.05) is 6.42 Å². The predicted octanol–water partition coefficient (Wildman–Crippen LogP) is 1.68. The Morgan fingerprint density at radius 2 is 1.92 bits per heavy atom. The molecule has 1 unspecified atom stereocenters. The summed E-state index contributed by atoms with van der Waals surface area (Å²) in [6.07, 6.45) is 9.21. The molecule has 1 aromatic heterocycles. The van der Waals surface area contributed by atoms with Crippen molar-refractivity contribution in [1.29, 1.82) is 0 Å². The third kappa shape index (κ3) is 4.44. The molecule has 0 bridgehead atoms. The van der Waals surface area contributed by atoms with E-state index in [0.717, 1.165) is 45.0 Å². The second-order valence-electron chi connectivity index (χ2n) is 6.98. The second kappa shape index (κ2) is 8.42. The molecular formula is C18H29N5O. The molecule has 2 aliphatic heterocycles. The minimum absolute atomic E-state index is 0.128. The van der Waals surface area contributed by atoms with Crippen molar-refractivity contribution in [2.45, 2.75) is 45.1 Å². The minimum atomic E-state index is 0.128. The minimum Gasteiger partial charge on any atom is -0.355 e. The summed E-state index contributed by atoms with van der Waals surface area (Å²) in [5, 5.41) is 3.14. The first-order valence-electron chi connectivity index (χ1n) is 9.28. The first kappa shape index (κ1) is 17.1. The Bertz CT molecular complexity index is 515. The van der Waals surface area contributed by atoms with E-state index in [2.05, 4.69) is 32.0 Å². The molecule has 3 rings (SSSR count).